The molecule has 4 rings (SSSR count). The Morgan fingerprint density at radius 3 is 2.46 bits per heavy atom. The molecule has 3 aromatic rings. The molecule has 0 amide bonds. The van der Waals surface area contributed by atoms with Gasteiger partial charge in [-0.2, -0.15) is 0 Å². The molecule has 0 radical (unpaired) electrons. The topological polar surface area (TPSA) is 23.5 Å². The third kappa shape index (κ3) is 6.13. The molecule has 184 valence electrons. The Kier molecular flexibility index (Phi) is 5.75. The summed E-state index contributed by atoms with van der Waals surface area (Å²) in [5.74, 6) is 0. The van der Waals surface area contributed by atoms with E-state index in [1.807, 2.05) is 31.2 Å². The van der Waals surface area contributed by atoms with E-state index < -0.39 is 38.7 Å². The lowest BCUT2D eigenvalue weighted by Gasteiger charge is -2.26. The average molecular weight is 538 g/mol. The Morgan fingerprint density at radius 1 is 0.971 bits per heavy atom. The molecule has 0 saturated carbocycles. The van der Waals surface area contributed by atoms with Crippen LogP contribution in [0.3, 0.4) is 0 Å². The first-order valence-electron chi connectivity index (χ1n) is 15.9. The molecule has 0 bridgehead atoms. The molecule has 2 nitrogen and oxygen atoms in total. The summed E-state index contributed by atoms with van der Waals surface area (Å²) < 4.78 is 73.1. The van der Waals surface area contributed by atoms with Crippen LogP contribution in [0, 0.1) is 0 Å². The van der Waals surface area contributed by atoms with Crippen molar-refractivity contribution in [2.45, 2.75) is 45.5 Å². The van der Waals surface area contributed by atoms with Crippen LogP contribution in [0.25, 0.3) is 22.8 Å². The molecular weight excluding hydrogens is 497 g/mol. The van der Waals surface area contributed by atoms with Gasteiger partial charge in [0.25, 0.3) is 0 Å². The smallest absolute Gasteiger partial charge is 0.0923 e. The highest BCUT2D eigenvalue weighted by atomic mass is 35.5. The predicted octanol–water partition coefficient (Wildman–Crippen LogP) is 9.15. The van der Waals surface area contributed by atoms with E-state index in [1.165, 1.54) is 0 Å². The summed E-state index contributed by atoms with van der Waals surface area (Å²) in [6.45, 7) is -5.23. The van der Waals surface area contributed by atoms with Gasteiger partial charge in [0.05, 0.1) is 6.10 Å². The average Bonchev–Trinajstić information content (AvgIpc) is 3.22. The third-order valence-electron chi connectivity index (χ3n) is 5.96. The number of aliphatic hydroxyl groups excluding tert-OH is 1. The van der Waals surface area contributed by atoms with Gasteiger partial charge in [-0.05, 0) is 107 Å². The van der Waals surface area contributed by atoms with Crippen molar-refractivity contribution in [3.8, 4) is 11.1 Å². The zero-order valence-electron chi connectivity index (χ0n) is 28.2. The van der Waals surface area contributed by atoms with Crippen LogP contribution in [0.15, 0.2) is 54.6 Å². The summed E-state index contributed by atoms with van der Waals surface area (Å²) in [6, 6.07) is 15.9. The van der Waals surface area contributed by atoms with E-state index in [0.717, 1.165) is 27.2 Å². The standard InChI is InChI=1S/C30H32Cl3NO/c1-3-5-13-34(14-6-4-2)19-29(35)28-18-23(33)17-27-25(15-20-7-9-21(31)10-8-20)26-16-22(32)11-12-24(26)30(27)28/h7-12,15-18,29,35H,3-6,13-14,19H2,1-2H3/i1D3,3D2,5D2,13D2. The molecule has 1 unspecified atom stereocenters. The summed E-state index contributed by atoms with van der Waals surface area (Å²) in [7, 11) is 0. The Morgan fingerprint density at radius 2 is 1.71 bits per heavy atom. The summed E-state index contributed by atoms with van der Waals surface area (Å²) in [5.41, 5.74) is 4.89. The third-order valence-corrected chi connectivity index (χ3v) is 6.66. The highest BCUT2D eigenvalue weighted by Gasteiger charge is 2.29. The number of hydrogen-bond acceptors (Lipinski definition) is 2. The molecule has 35 heavy (non-hydrogen) atoms. The maximum absolute atomic E-state index is 11.7. The van der Waals surface area contributed by atoms with Crippen LogP contribution in [-0.2, 0) is 0 Å². The largest absolute Gasteiger partial charge is 0.387 e. The van der Waals surface area contributed by atoms with Crippen molar-refractivity contribution in [2.75, 3.05) is 19.6 Å². The molecule has 1 atom stereocenters. The van der Waals surface area contributed by atoms with Gasteiger partial charge in [0, 0.05) is 33.9 Å². The van der Waals surface area contributed by atoms with E-state index >= 15 is 0 Å². The molecule has 0 aromatic heterocycles. The SMILES string of the molecule is [2H]C([2H])([2H])C([2H])([2H])C([2H])([2H])C([2H])([2H])N(CCCC)CC(O)c1cc(Cl)cc2c1-c1ccc(Cl)cc1C2=Cc1ccc(Cl)cc1. The van der Waals surface area contributed by atoms with Gasteiger partial charge in [-0.1, -0.05) is 79.6 Å². The number of benzene rings is 3. The quantitative estimate of drug-likeness (QED) is 0.218. The van der Waals surface area contributed by atoms with Gasteiger partial charge in [0.1, 0.15) is 0 Å². The molecule has 1 aliphatic carbocycles. The zero-order valence-corrected chi connectivity index (χ0v) is 21.5. The van der Waals surface area contributed by atoms with Gasteiger partial charge in [-0.3, -0.25) is 0 Å². The van der Waals surface area contributed by atoms with Gasteiger partial charge in [-0.25, -0.2) is 0 Å². The van der Waals surface area contributed by atoms with Crippen molar-refractivity contribution < 1.29 is 17.4 Å². The van der Waals surface area contributed by atoms with E-state index in [0.29, 0.717) is 44.6 Å². The van der Waals surface area contributed by atoms with Gasteiger partial charge >= 0.3 is 0 Å². The monoisotopic (exact) mass is 536 g/mol. The van der Waals surface area contributed by atoms with Gasteiger partial charge in [-0.15, -0.1) is 0 Å². The molecule has 3 aromatic carbocycles. The van der Waals surface area contributed by atoms with Crippen LogP contribution < -0.4 is 0 Å². The number of rotatable bonds is 10. The lowest BCUT2D eigenvalue weighted by atomic mass is 9.94. The Labute approximate surface area is 236 Å². The number of halogens is 3. The maximum atomic E-state index is 11.7. The molecular formula is C30H32Cl3NO. The Bertz CT molecular complexity index is 1560. The number of hydrogen-bond donors (Lipinski definition) is 1. The number of nitrogens with zero attached hydrogens (tertiary/aromatic N) is 1. The van der Waals surface area contributed by atoms with E-state index in [2.05, 4.69) is 0 Å². The molecule has 0 fully saturated rings. The summed E-state index contributed by atoms with van der Waals surface area (Å²) in [6.07, 6.45) is -5.49. The van der Waals surface area contributed by atoms with Gasteiger partial charge < -0.3 is 10.0 Å². The van der Waals surface area contributed by atoms with Crippen molar-refractivity contribution >= 4 is 46.5 Å². The first kappa shape index (κ1) is 16.8. The van der Waals surface area contributed by atoms with Crippen LogP contribution in [0.5, 0.6) is 0 Å². The van der Waals surface area contributed by atoms with E-state index in [9.17, 15) is 5.11 Å². The molecule has 5 heteroatoms. The minimum Gasteiger partial charge on any atom is -0.387 e. The van der Waals surface area contributed by atoms with E-state index in [4.69, 9.17) is 47.1 Å². The first-order chi connectivity index (χ1) is 20.3. The van der Waals surface area contributed by atoms with Crippen molar-refractivity contribution in [1.29, 1.82) is 0 Å². The number of aliphatic hydroxyl groups is 1. The van der Waals surface area contributed by atoms with Gasteiger partial charge in [0.15, 0.2) is 0 Å². The van der Waals surface area contributed by atoms with Crippen molar-refractivity contribution in [3.05, 3.63) is 91.9 Å². The van der Waals surface area contributed by atoms with Crippen molar-refractivity contribution in [2.24, 2.45) is 0 Å². The maximum Gasteiger partial charge on any atom is 0.0923 e. The zero-order chi connectivity index (χ0) is 32.8. The molecule has 0 saturated heterocycles. The normalized spacial score (nSPS) is 19.8. The molecule has 1 aliphatic rings. The van der Waals surface area contributed by atoms with Crippen LogP contribution in [0.4, 0.5) is 0 Å². The minimum absolute atomic E-state index is 0.0617. The van der Waals surface area contributed by atoms with E-state index in [1.54, 1.807) is 36.4 Å². The lowest BCUT2D eigenvalue weighted by molar-refractivity contribution is 0.111. The predicted molar refractivity (Wildman–Crippen MR) is 152 cm³/mol. The molecule has 0 heterocycles. The second kappa shape index (κ2) is 12.0. The fourth-order valence-corrected chi connectivity index (χ4v) is 4.87. The highest BCUT2D eigenvalue weighted by Crippen LogP contribution is 2.50. The minimum atomic E-state index is -3.53. The second-order valence-corrected chi connectivity index (χ2v) is 9.70. The molecule has 0 aliphatic heterocycles. The first-order valence-corrected chi connectivity index (χ1v) is 12.5. The van der Waals surface area contributed by atoms with Gasteiger partial charge in [0.2, 0.25) is 0 Å². The summed E-state index contributed by atoms with van der Waals surface area (Å²) in [5, 5.41) is 13.1. The second-order valence-electron chi connectivity index (χ2n) is 8.39. The van der Waals surface area contributed by atoms with Crippen molar-refractivity contribution in [1.82, 2.24) is 4.90 Å². The fraction of sp³-hybridized carbons (Fsp3) is 0.333. The highest BCUT2D eigenvalue weighted by molar-refractivity contribution is 6.32. The van der Waals surface area contributed by atoms with Crippen LogP contribution >= 0.6 is 34.8 Å². The number of fused-ring (bicyclic) bond motifs is 3. The fourth-order valence-electron chi connectivity index (χ4n) is 4.34. The van der Waals surface area contributed by atoms with Crippen LogP contribution in [0.1, 0.15) is 80.1 Å². The van der Waals surface area contributed by atoms with Crippen LogP contribution in [-0.4, -0.2) is 29.6 Å². The summed E-state index contributed by atoms with van der Waals surface area (Å²) in [4.78, 5) is 0.986. The van der Waals surface area contributed by atoms with Crippen LogP contribution in [0.2, 0.25) is 15.1 Å². The lowest BCUT2D eigenvalue weighted by Crippen LogP contribution is -2.31. The molecule has 0 spiro atoms. The van der Waals surface area contributed by atoms with Crippen molar-refractivity contribution in [3.63, 3.8) is 0 Å². The summed E-state index contributed by atoms with van der Waals surface area (Å²) >= 11 is 19.1. The number of unbranched alkanes of at least 4 members (excludes halogenated alkanes) is 1. The Balaban J connectivity index is 1.83. The Hall–Kier alpha value is -1.81. The van der Waals surface area contributed by atoms with E-state index in [-0.39, 0.29) is 6.54 Å². The molecule has 1 N–H and O–H groups in total.